The highest BCUT2D eigenvalue weighted by Gasteiger charge is 2.23. The second kappa shape index (κ2) is 8.32. The Morgan fingerprint density at radius 2 is 1.55 bits per heavy atom. The molecule has 1 heterocycles. The largest absolute Gasteiger partial charge is 0.339 e. The second-order valence-electron chi connectivity index (χ2n) is 5.67. The van der Waals surface area contributed by atoms with Crippen LogP contribution >= 0.6 is 15.9 Å². The first-order chi connectivity index (χ1) is 10.6. The highest BCUT2D eigenvalue weighted by atomic mass is 79.9. The molecule has 2 rings (SSSR count). The second-order valence-corrected chi connectivity index (χ2v) is 6.58. The van der Waals surface area contributed by atoms with Crippen LogP contribution in [0.4, 0.5) is 0 Å². The van der Waals surface area contributed by atoms with E-state index in [0.717, 1.165) is 22.9 Å². The van der Waals surface area contributed by atoms with E-state index in [1.807, 2.05) is 34.1 Å². The van der Waals surface area contributed by atoms with Crippen molar-refractivity contribution in [3.8, 4) is 0 Å². The summed E-state index contributed by atoms with van der Waals surface area (Å²) in [5, 5.41) is 0. The van der Waals surface area contributed by atoms with E-state index >= 15 is 0 Å². The third-order valence-corrected chi connectivity index (χ3v) is 4.53. The van der Waals surface area contributed by atoms with E-state index in [0.29, 0.717) is 39.0 Å². The Hall–Kier alpha value is -1.36. The summed E-state index contributed by atoms with van der Waals surface area (Å²) < 4.78 is 1.02. The van der Waals surface area contributed by atoms with Crippen molar-refractivity contribution in [2.75, 3.05) is 26.2 Å². The average Bonchev–Trinajstić information content (AvgIpc) is 2.55. The molecule has 1 aliphatic heterocycles. The van der Waals surface area contributed by atoms with Crippen LogP contribution in [0.5, 0.6) is 0 Å². The number of piperazine rings is 1. The van der Waals surface area contributed by atoms with Crippen molar-refractivity contribution in [3.05, 3.63) is 34.3 Å². The van der Waals surface area contributed by atoms with Crippen LogP contribution in [0, 0.1) is 0 Å². The molecule has 0 bridgehead atoms. The molecule has 1 aliphatic rings. The first kappa shape index (κ1) is 17.0. The van der Waals surface area contributed by atoms with Crippen LogP contribution in [0.2, 0.25) is 0 Å². The molecular weight excluding hydrogens is 344 g/mol. The molecule has 2 amide bonds. The molecule has 0 aromatic heterocycles. The van der Waals surface area contributed by atoms with Gasteiger partial charge in [-0.2, -0.15) is 0 Å². The standard InChI is InChI=1S/C17H23BrN2O2/c1-2-3-4-16(21)19-9-11-20(12-10-19)17(22)13-14-5-7-15(18)8-6-14/h5-8H,2-4,9-13H2,1H3. The van der Waals surface area contributed by atoms with Crippen LogP contribution in [0.1, 0.15) is 31.7 Å². The number of benzene rings is 1. The van der Waals surface area contributed by atoms with Crippen molar-refractivity contribution in [1.29, 1.82) is 0 Å². The fourth-order valence-electron chi connectivity index (χ4n) is 2.58. The minimum Gasteiger partial charge on any atom is -0.339 e. The molecule has 1 aromatic carbocycles. The van der Waals surface area contributed by atoms with Crippen molar-refractivity contribution in [3.63, 3.8) is 0 Å². The first-order valence-corrected chi connectivity index (χ1v) is 8.69. The van der Waals surface area contributed by atoms with Gasteiger partial charge >= 0.3 is 0 Å². The highest BCUT2D eigenvalue weighted by molar-refractivity contribution is 9.10. The molecule has 0 atom stereocenters. The van der Waals surface area contributed by atoms with Gasteiger partial charge in [-0.1, -0.05) is 41.4 Å². The Balaban J connectivity index is 1.79. The summed E-state index contributed by atoms with van der Waals surface area (Å²) in [5.41, 5.74) is 1.02. The molecular formula is C17H23BrN2O2. The number of carbonyl (C=O) groups excluding carboxylic acids is 2. The molecule has 0 spiro atoms. The lowest BCUT2D eigenvalue weighted by Gasteiger charge is -2.35. The Bertz CT molecular complexity index is 508. The zero-order valence-electron chi connectivity index (χ0n) is 13.1. The third-order valence-electron chi connectivity index (χ3n) is 4.00. The summed E-state index contributed by atoms with van der Waals surface area (Å²) in [7, 11) is 0. The van der Waals surface area contributed by atoms with Gasteiger partial charge in [0.1, 0.15) is 0 Å². The van der Waals surface area contributed by atoms with Crippen molar-refractivity contribution < 1.29 is 9.59 Å². The van der Waals surface area contributed by atoms with Gasteiger partial charge in [-0.3, -0.25) is 9.59 Å². The molecule has 0 saturated carbocycles. The fraction of sp³-hybridized carbons (Fsp3) is 0.529. The van der Waals surface area contributed by atoms with Gasteiger partial charge in [0.2, 0.25) is 11.8 Å². The summed E-state index contributed by atoms with van der Waals surface area (Å²) in [6, 6.07) is 7.83. The van der Waals surface area contributed by atoms with Crippen LogP contribution in [0.3, 0.4) is 0 Å². The third kappa shape index (κ3) is 4.83. The molecule has 22 heavy (non-hydrogen) atoms. The topological polar surface area (TPSA) is 40.6 Å². The van der Waals surface area contributed by atoms with Crippen LogP contribution in [-0.4, -0.2) is 47.8 Å². The average molecular weight is 367 g/mol. The lowest BCUT2D eigenvalue weighted by molar-refractivity contribution is -0.139. The number of unbranched alkanes of at least 4 members (excludes halogenated alkanes) is 1. The smallest absolute Gasteiger partial charge is 0.227 e. The number of hydrogen-bond donors (Lipinski definition) is 0. The van der Waals surface area contributed by atoms with E-state index in [2.05, 4.69) is 22.9 Å². The van der Waals surface area contributed by atoms with Gasteiger partial charge in [-0.25, -0.2) is 0 Å². The van der Waals surface area contributed by atoms with E-state index in [1.165, 1.54) is 0 Å². The van der Waals surface area contributed by atoms with E-state index < -0.39 is 0 Å². The molecule has 120 valence electrons. The summed E-state index contributed by atoms with van der Waals surface area (Å²) in [4.78, 5) is 28.0. The Morgan fingerprint density at radius 1 is 1.00 bits per heavy atom. The van der Waals surface area contributed by atoms with Crippen molar-refractivity contribution in [1.82, 2.24) is 9.80 Å². The van der Waals surface area contributed by atoms with Gasteiger partial charge < -0.3 is 9.80 Å². The maximum absolute atomic E-state index is 12.3. The zero-order valence-corrected chi connectivity index (χ0v) is 14.6. The van der Waals surface area contributed by atoms with Gasteiger partial charge in [0.15, 0.2) is 0 Å². The van der Waals surface area contributed by atoms with E-state index in [9.17, 15) is 9.59 Å². The Kier molecular flexibility index (Phi) is 6.43. The fourth-order valence-corrected chi connectivity index (χ4v) is 2.84. The quantitative estimate of drug-likeness (QED) is 0.803. The molecule has 0 N–H and O–H groups in total. The van der Waals surface area contributed by atoms with Gasteiger partial charge in [-0.15, -0.1) is 0 Å². The number of rotatable bonds is 5. The molecule has 0 unspecified atom stereocenters. The Labute approximate surface area is 140 Å². The summed E-state index contributed by atoms with van der Waals surface area (Å²) >= 11 is 3.39. The highest BCUT2D eigenvalue weighted by Crippen LogP contribution is 2.13. The van der Waals surface area contributed by atoms with E-state index in [4.69, 9.17) is 0 Å². The van der Waals surface area contributed by atoms with Crippen LogP contribution < -0.4 is 0 Å². The van der Waals surface area contributed by atoms with Crippen LogP contribution in [-0.2, 0) is 16.0 Å². The lowest BCUT2D eigenvalue weighted by Crippen LogP contribution is -2.50. The molecule has 1 saturated heterocycles. The molecule has 5 heteroatoms. The summed E-state index contributed by atoms with van der Waals surface area (Å²) in [6.45, 7) is 4.70. The number of hydrogen-bond acceptors (Lipinski definition) is 2. The number of halogens is 1. The molecule has 1 fully saturated rings. The van der Waals surface area contributed by atoms with Crippen LogP contribution in [0.25, 0.3) is 0 Å². The molecule has 1 aromatic rings. The van der Waals surface area contributed by atoms with Crippen molar-refractivity contribution >= 4 is 27.7 Å². The predicted octanol–water partition coefficient (Wildman–Crippen LogP) is 2.85. The first-order valence-electron chi connectivity index (χ1n) is 7.90. The maximum atomic E-state index is 12.3. The van der Waals surface area contributed by atoms with Crippen molar-refractivity contribution in [2.24, 2.45) is 0 Å². The van der Waals surface area contributed by atoms with E-state index in [-0.39, 0.29) is 11.8 Å². The molecule has 4 nitrogen and oxygen atoms in total. The maximum Gasteiger partial charge on any atom is 0.227 e. The number of amides is 2. The number of nitrogens with zero attached hydrogens (tertiary/aromatic N) is 2. The van der Waals surface area contributed by atoms with E-state index in [1.54, 1.807) is 0 Å². The lowest BCUT2D eigenvalue weighted by atomic mass is 10.1. The zero-order chi connectivity index (χ0) is 15.9. The van der Waals surface area contributed by atoms with Gasteiger partial charge in [0.05, 0.1) is 6.42 Å². The van der Waals surface area contributed by atoms with Crippen LogP contribution in [0.15, 0.2) is 28.7 Å². The minimum atomic E-state index is 0.142. The molecule has 0 aliphatic carbocycles. The number of carbonyl (C=O) groups is 2. The monoisotopic (exact) mass is 366 g/mol. The van der Waals surface area contributed by atoms with Gasteiger partial charge in [0.25, 0.3) is 0 Å². The molecule has 0 radical (unpaired) electrons. The van der Waals surface area contributed by atoms with Gasteiger partial charge in [-0.05, 0) is 24.1 Å². The van der Waals surface area contributed by atoms with Gasteiger partial charge in [0, 0.05) is 37.1 Å². The Morgan fingerprint density at radius 3 is 2.09 bits per heavy atom. The SMILES string of the molecule is CCCCC(=O)N1CCN(C(=O)Cc2ccc(Br)cc2)CC1. The normalized spacial score (nSPS) is 15.0. The van der Waals surface area contributed by atoms with Crippen molar-refractivity contribution in [2.45, 2.75) is 32.6 Å². The predicted molar refractivity (Wildman–Crippen MR) is 90.5 cm³/mol. The summed E-state index contributed by atoms with van der Waals surface area (Å²) in [6.07, 6.45) is 3.04. The summed E-state index contributed by atoms with van der Waals surface area (Å²) in [5.74, 6) is 0.366. The minimum absolute atomic E-state index is 0.142.